The van der Waals surface area contributed by atoms with Gasteiger partial charge in [0.05, 0.1) is 21.8 Å². The molecule has 1 aliphatic rings. The molecule has 152 valence electrons. The van der Waals surface area contributed by atoms with Crippen LogP contribution in [0.25, 0.3) is 11.0 Å². The summed E-state index contributed by atoms with van der Waals surface area (Å²) in [4.78, 5) is 25.8. The molecule has 3 N–H and O–H groups in total. The molecule has 0 bridgehead atoms. The molecule has 0 spiro atoms. The molecule has 0 saturated heterocycles. The van der Waals surface area contributed by atoms with E-state index in [0.29, 0.717) is 22.4 Å². The minimum Gasteiger partial charge on any atom is -0.366 e. The first kappa shape index (κ1) is 19.3. The molecule has 3 aromatic rings. The van der Waals surface area contributed by atoms with Gasteiger partial charge in [-0.3, -0.25) is 9.48 Å². The fraction of sp³-hybridized carbons (Fsp3) is 0.368. The summed E-state index contributed by atoms with van der Waals surface area (Å²) in [7, 11) is 3.66. The van der Waals surface area contributed by atoms with E-state index in [2.05, 4.69) is 37.3 Å². The average Bonchev–Trinajstić information content (AvgIpc) is 3.18. The zero-order chi connectivity index (χ0) is 20.7. The van der Waals surface area contributed by atoms with Crippen LogP contribution in [0, 0.1) is 6.92 Å². The Morgan fingerprint density at radius 1 is 1.45 bits per heavy atom. The van der Waals surface area contributed by atoms with Gasteiger partial charge in [-0.2, -0.15) is 15.1 Å². The smallest absolute Gasteiger partial charge is 0.245 e. The highest BCUT2D eigenvalue weighted by atomic mass is 35.5. The molecule has 4 rings (SSSR count). The number of likely N-dealkylation sites (N-methyl/N-ethyl adjacent to an activating group) is 1. The van der Waals surface area contributed by atoms with Crippen LogP contribution in [0.4, 0.5) is 17.5 Å². The third-order valence-electron chi connectivity index (χ3n) is 5.27. The first-order chi connectivity index (χ1) is 13.9. The third-order valence-corrected chi connectivity index (χ3v) is 5.57. The molecule has 10 heteroatoms. The van der Waals surface area contributed by atoms with Gasteiger partial charge in [-0.25, -0.2) is 0 Å². The monoisotopic (exact) mass is 414 g/mol. The number of anilines is 3. The molecular formula is C19H23ClN8O. The molecule has 29 heavy (non-hydrogen) atoms. The Morgan fingerprint density at radius 2 is 2.21 bits per heavy atom. The van der Waals surface area contributed by atoms with Crippen molar-refractivity contribution in [2.24, 2.45) is 7.05 Å². The van der Waals surface area contributed by atoms with Crippen molar-refractivity contribution in [3.63, 3.8) is 0 Å². The van der Waals surface area contributed by atoms with Crippen LogP contribution in [0.1, 0.15) is 18.5 Å². The molecule has 0 aliphatic heterocycles. The van der Waals surface area contributed by atoms with E-state index >= 15 is 0 Å². The number of nitrogens with zero attached hydrogens (tertiary/aromatic N) is 5. The number of aromatic amines is 1. The predicted molar refractivity (Wildman–Crippen MR) is 114 cm³/mol. The highest BCUT2D eigenvalue weighted by Gasteiger charge is 2.34. The van der Waals surface area contributed by atoms with E-state index in [1.807, 2.05) is 20.2 Å². The number of hydrogen-bond donors (Lipinski definition) is 3. The molecule has 1 amide bonds. The van der Waals surface area contributed by atoms with Gasteiger partial charge in [0.2, 0.25) is 11.9 Å². The summed E-state index contributed by atoms with van der Waals surface area (Å²) in [6.07, 6.45) is 6.57. The molecule has 0 aromatic carbocycles. The average molecular weight is 415 g/mol. The summed E-state index contributed by atoms with van der Waals surface area (Å²) in [6, 6.07) is 0.379. The van der Waals surface area contributed by atoms with E-state index in [9.17, 15) is 4.79 Å². The molecule has 0 unspecified atom stereocenters. The zero-order valence-electron chi connectivity index (χ0n) is 16.5. The standard InChI is InChI=1S/C19H23ClN8O/c1-5-15(29)28(4)12-6-11(7-12)22-18-16-13(20)8-21-17(16)24-19(25-18)23-14-9-27(3)26-10(14)2/h5,8-9,11-12H,1,6-7H2,2-4H3,(H3,21,22,23,24,25)/t11-,12-. The van der Waals surface area contributed by atoms with Crippen LogP contribution in [0.2, 0.25) is 5.02 Å². The normalized spacial score (nSPS) is 18.3. The van der Waals surface area contributed by atoms with E-state index in [0.717, 1.165) is 29.6 Å². The van der Waals surface area contributed by atoms with E-state index in [-0.39, 0.29) is 18.0 Å². The lowest BCUT2D eigenvalue weighted by Gasteiger charge is -2.41. The molecule has 9 nitrogen and oxygen atoms in total. The number of aryl methyl sites for hydroxylation is 2. The van der Waals surface area contributed by atoms with Gasteiger partial charge in [-0.05, 0) is 25.8 Å². The van der Waals surface area contributed by atoms with Crippen LogP contribution >= 0.6 is 11.6 Å². The Morgan fingerprint density at radius 3 is 2.86 bits per heavy atom. The highest BCUT2D eigenvalue weighted by Crippen LogP contribution is 2.34. The number of H-pyrrole nitrogens is 1. The van der Waals surface area contributed by atoms with E-state index in [4.69, 9.17) is 11.6 Å². The van der Waals surface area contributed by atoms with Crippen LogP contribution in [0.5, 0.6) is 0 Å². The number of halogens is 1. The fourth-order valence-electron chi connectivity index (χ4n) is 3.54. The van der Waals surface area contributed by atoms with E-state index < -0.39 is 0 Å². The summed E-state index contributed by atoms with van der Waals surface area (Å²) in [5.74, 6) is 1.04. The first-order valence-electron chi connectivity index (χ1n) is 9.33. The van der Waals surface area contributed by atoms with Gasteiger partial charge >= 0.3 is 0 Å². The van der Waals surface area contributed by atoms with Crippen molar-refractivity contribution in [1.82, 2.24) is 29.6 Å². The molecule has 1 aliphatic carbocycles. The third kappa shape index (κ3) is 3.65. The molecular weight excluding hydrogens is 392 g/mol. The lowest BCUT2D eigenvalue weighted by atomic mass is 9.85. The minimum atomic E-state index is -0.0649. The van der Waals surface area contributed by atoms with E-state index in [1.165, 1.54) is 6.08 Å². The van der Waals surface area contributed by atoms with Crippen molar-refractivity contribution in [2.75, 3.05) is 17.7 Å². The SMILES string of the molecule is C=CC(=O)N(C)[C@H]1C[C@H](Nc2nc(Nc3cn(C)nc3C)nc3[nH]cc(Cl)c23)C1. The topological polar surface area (TPSA) is 104 Å². The van der Waals surface area contributed by atoms with Gasteiger partial charge < -0.3 is 20.5 Å². The van der Waals surface area contributed by atoms with Gasteiger partial charge in [-0.15, -0.1) is 0 Å². The maximum atomic E-state index is 11.8. The summed E-state index contributed by atoms with van der Waals surface area (Å²) in [5.41, 5.74) is 2.34. The number of carbonyl (C=O) groups is 1. The number of hydrogen-bond acceptors (Lipinski definition) is 6. The van der Waals surface area contributed by atoms with Crippen LogP contribution in [-0.4, -0.2) is 54.7 Å². The van der Waals surface area contributed by atoms with Crippen molar-refractivity contribution >= 4 is 46.0 Å². The summed E-state index contributed by atoms with van der Waals surface area (Å²) >= 11 is 6.35. The molecule has 0 radical (unpaired) electrons. The molecule has 1 saturated carbocycles. The number of carbonyl (C=O) groups excluding carboxylic acids is 1. The quantitative estimate of drug-likeness (QED) is 0.536. The number of fused-ring (bicyclic) bond motifs is 1. The minimum absolute atomic E-state index is 0.0649. The molecule has 1 fully saturated rings. The number of nitrogens with one attached hydrogen (secondary N) is 3. The lowest BCUT2D eigenvalue weighted by molar-refractivity contribution is -0.128. The van der Waals surface area contributed by atoms with Gasteiger partial charge in [0.15, 0.2) is 0 Å². The summed E-state index contributed by atoms with van der Waals surface area (Å²) in [5, 5.41) is 12.3. The van der Waals surface area contributed by atoms with Crippen molar-refractivity contribution in [2.45, 2.75) is 31.8 Å². The van der Waals surface area contributed by atoms with Crippen LogP contribution < -0.4 is 10.6 Å². The van der Waals surface area contributed by atoms with Crippen molar-refractivity contribution in [3.8, 4) is 0 Å². The van der Waals surface area contributed by atoms with Gasteiger partial charge in [0.25, 0.3) is 0 Å². The lowest BCUT2D eigenvalue weighted by Crippen LogP contribution is -2.50. The fourth-order valence-corrected chi connectivity index (χ4v) is 3.77. The second-order valence-electron chi connectivity index (χ2n) is 7.30. The zero-order valence-corrected chi connectivity index (χ0v) is 17.3. The Bertz CT molecular complexity index is 1080. The molecule has 3 heterocycles. The van der Waals surface area contributed by atoms with Crippen LogP contribution in [-0.2, 0) is 11.8 Å². The highest BCUT2D eigenvalue weighted by molar-refractivity contribution is 6.36. The van der Waals surface area contributed by atoms with Crippen molar-refractivity contribution in [3.05, 3.63) is 35.8 Å². The second kappa shape index (κ2) is 7.40. The largest absolute Gasteiger partial charge is 0.366 e. The van der Waals surface area contributed by atoms with Gasteiger partial charge in [0, 0.05) is 38.6 Å². The maximum Gasteiger partial charge on any atom is 0.245 e. The number of amides is 1. The summed E-state index contributed by atoms with van der Waals surface area (Å²) in [6.45, 7) is 5.46. The predicted octanol–water partition coefficient (Wildman–Crippen LogP) is 2.98. The van der Waals surface area contributed by atoms with Gasteiger partial charge in [0.1, 0.15) is 11.5 Å². The Hall–Kier alpha value is -3.07. The number of aromatic nitrogens is 5. The second-order valence-corrected chi connectivity index (χ2v) is 7.71. The maximum absolute atomic E-state index is 11.8. The van der Waals surface area contributed by atoms with Crippen LogP contribution in [0.15, 0.2) is 25.0 Å². The van der Waals surface area contributed by atoms with Crippen molar-refractivity contribution < 1.29 is 4.79 Å². The Labute approximate surface area is 173 Å². The van der Waals surface area contributed by atoms with Gasteiger partial charge in [-0.1, -0.05) is 18.2 Å². The molecule has 0 atom stereocenters. The Balaban J connectivity index is 1.55. The first-order valence-corrected chi connectivity index (χ1v) is 9.71. The van der Waals surface area contributed by atoms with Crippen molar-refractivity contribution in [1.29, 1.82) is 0 Å². The Kier molecular flexibility index (Phi) is 4.91. The molecule has 3 aromatic heterocycles. The number of rotatable bonds is 6. The summed E-state index contributed by atoms with van der Waals surface area (Å²) < 4.78 is 1.73. The van der Waals surface area contributed by atoms with E-state index in [1.54, 1.807) is 22.8 Å². The van der Waals surface area contributed by atoms with Crippen LogP contribution in [0.3, 0.4) is 0 Å².